The molecule has 0 aromatic heterocycles. The van der Waals surface area contributed by atoms with Gasteiger partial charge in [0.05, 0.1) is 5.41 Å². The van der Waals surface area contributed by atoms with E-state index in [1.807, 2.05) is 0 Å². The molecule has 94 valence electrons. The van der Waals surface area contributed by atoms with Crippen molar-refractivity contribution in [2.45, 2.75) is 32.6 Å². The lowest BCUT2D eigenvalue weighted by Gasteiger charge is -2.25. The Bertz CT molecular complexity index is 364. The molecule has 1 aliphatic carbocycles. The van der Waals surface area contributed by atoms with Crippen LogP contribution in [0.4, 0.5) is 0 Å². The summed E-state index contributed by atoms with van der Waals surface area (Å²) >= 11 is 0. The highest BCUT2D eigenvalue weighted by molar-refractivity contribution is 5.82. The molecule has 0 spiro atoms. The van der Waals surface area contributed by atoms with Crippen molar-refractivity contribution in [3.63, 3.8) is 0 Å². The largest absolute Gasteiger partial charge is 0.481 e. The van der Waals surface area contributed by atoms with E-state index in [-0.39, 0.29) is 11.8 Å². The molecule has 1 heterocycles. The number of aliphatic carboxylic acids is 1. The molecule has 0 radical (unpaired) electrons. The third kappa shape index (κ3) is 2.35. The Balaban J connectivity index is 1.98. The van der Waals surface area contributed by atoms with Crippen LogP contribution < -0.4 is 0 Å². The Kier molecular flexibility index (Phi) is 3.22. The third-order valence-electron chi connectivity index (χ3n) is 3.92. The Morgan fingerprint density at radius 1 is 1.41 bits per heavy atom. The number of allylic oxidation sites excluding steroid dienone is 2. The first-order valence-electron chi connectivity index (χ1n) is 6.20. The summed E-state index contributed by atoms with van der Waals surface area (Å²) in [6.07, 6.45) is 7.39. The topological polar surface area (TPSA) is 57.6 Å². The predicted octanol–water partition coefficient (Wildman–Crippen LogP) is 1.67. The molecule has 0 unspecified atom stereocenters. The maximum absolute atomic E-state index is 12.2. The van der Waals surface area contributed by atoms with Crippen molar-refractivity contribution in [3.8, 4) is 0 Å². The van der Waals surface area contributed by atoms with E-state index in [1.54, 1.807) is 11.8 Å². The number of likely N-dealkylation sites (tertiary alicyclic amines) is 1. The van der Waals surface area contributed by atoms with Crippen molar-refractivity contribution in [1.82, 2.24) is 4.90 Å². The second-order valence-electron chi connectivity index (χ2n) is 5.36. The SMILES string of the molecule is C[C@]1(C(=O)O)CCN(C(=O)[C@H]2CC=CCC2)C1. The molecule has 2 atom stereocenters. The number of nitrogens with zero attached hydrogens (tertiary/aromatic N) is 1. The zero-order valence-electron chi connectivity index (χ0n) is 10.2. The van der Waals surface area contributed by atoms with Gasteiger partial charge in [-0.2, -0.15) is 0 Å². The van der Waals surface area contributed by atoms with Crippen LogP contribution in [0.25, 0.3) is 0 Å². The average molecular weight is 237 g/mol. The van der Waals surface area contributed by atoms with Crippen LogP contribution in [0.3, 0.4) is 0 Å². The molecule has 17 heavy (non-hydrogen) atoms. The molecule has 1 amide bonds. The zero-order chi connectivity index (χ0) is 12.5. The summed E-state index contributed by atoms with van der Waals surface area (Å²) in [6, 6.07) is 0. The van der Waals surface area contributed by atoms with Crippen LogP contribution in [0.1, 0.15) is 32.6 Å². The molecule has 2 rings (SSSR count). The monoisotopic (exact) mass is 237 g/mol. The summed E-state index contributed by atoms with van der Waals surface area (Å²) in [5.41, 5.74) is -0.750. The Hall–Kier alpha value is -1.32. The number of carbonyl (C=O) groups excluding carboxylic acids is 1. The Labute approximate surface area is 101 Å². The van der Waals surface area contributed by atoms with Gasteiger partial charge in [0.2, 0.25) is 5.91 Å². The molecule has 2 aliphatic rings. The van der Waals surface area contributed by atoms with E-state index in [2.05, 4.69) is 12.2 Å². The van der Waals surface area contributed by atoms with E-state index in [1.165, 1.54) is 0 Å². The summed E-state index contributed by atoms with van der Waals surface area (Å²) < 4.78 is 0. The summed E-state index contributed by atoms with van der Waals surface area (Å²) in [5, 5.41) is 9.13. The van der Waals surface area contributed by atoms with Crippen LogP contribution in [-0.2, 0) is 9.59 Å². The lowest BCUT2D eigenvalue weighted by molar-refractivity contribution is -0.147. The first-order chi connectivity index (χ1) is 8.03. The Morgan fingerprint density at radius 3 is 2.71 bits per heavy atom. The molecule has 4 heteroatoms. The van der Waals surface area contributed by atoms with Crippen molar-refractivity contribution < 1.29 is 14.7 Å². The third-order valence-corrected chi connectivity index (χ3v) is 3.92. The predicted molar refractivity (Wildman–Crippen MR) is 63.4 cm³/mol. The van der Waals surface area contributed by atoms with Gasteiger partial charge in [-0.3, -0.25) is 9.59 Å². The van der Waals surface area contributed by atoms with Gasteiger partial charge in [0.1, 0.15) is 0 Å². The van der Waals surface area contributed by atoms with Gasteiger partial charge in [-0.15, -0.1) is 0 Å². The molecule has 0 bridgehead atoms. The molecule has 0 aromatic rings. The first kappa shape index (κ1) is 12.1. The van der Waals surface area contributed by atoms with Gasteiger partial charge < -0.3 is 10.0 Å². The number of carboxylic acids is 1. The molecule has 1 aliphatic heterocycles. The number of hydrogen-bond donors (Lipinski definition) is 1. The van der Waals surface area contributed by atoms with Gasteiger partial charge in [0, 0.05) is 19.0 Å². The molecule has 0 aromatic carbocycles. The van der Waals surface area contributed by atoms with Gasteiger partial charge in [-0.25, -0.2) is 0 Å². The highest BCUT2D eigenvalue weighted by atomic mass is 16.4. The standard InChI is InChI=1S/C13H19NO3/c1-13(12(16)17)7-8-14(9-13)11(15)10-5-3-2-4-6-10/h2-3,10H,4-9H2,1H3,(H,16,17)/t10-,13-/m0/s1. The second-order valence-corrected chi connectivity index (χ2v) is 5.36. The van der Waals surface area contributed by atoms with Gasteiger partial charge >= 0.3 is 5.97 Å². The lowest BCUT2D eigenvalue weighted by Crippen LogP contribution is -2.38. The van der Waals surface area contributed by atoms with Crippen molar-refractivity contribution in [2.75, 3.05) is 13.1 Å². The first-order valence-corrected chi connectivity index (χ1v) is 6.20. The van der Waals surface area contributed by atoms with Crippen LogP contribution in [0.2, 0.25) is 0 Å². The molecule has 1 fully saturated rings. The zero-order valence-corrected chi connectivity index (χ0v) is 10.2. The van der Waals surface area contributed by atoms with Gasteiger partial charge in [-0.05, 0) is 32.6 Å². The number of hydrogen-bond acceptors (Lipinski definition) is 2. The highest BCUT2D eigenvalue weighted by Gasteiger charge is 2.43. The fraction of sp³-hybridized carbons (Fsp3) is 0.692. The fourth-order valence-corrected chi connectivity index (χ4v) is 2.60. The number of carboxylic acid groups (broad SMARTS) is 1. The van der Waals surface area contributed by atoms with Crippen LogP contribution in [0.15, 0.2) is 12.2 Å². The van der Waals surface area contributed by atoms with Gasteiger partial charge in [0.25, 0.3) is 0 Å². The van der Waals surface area contributed by atoms with E-state index in [0.717, 1.165) is 19.3 Å². The van der Waals surface area contributed by atoms with E-state index >= 15 is 0 Å². The van der Waals surface area contributed by atoms with E-state index in [9.17, 15) is 9.59 Å². The molecule has 1 saturated heterocycles. The maximum Gasteiger partial charge on any atom is 0.311 e. The highest BCUT2D eigenvalue weighted by Crippen LogP contribution is 2.32. The van der Waals surface area contributed by atoms with Crippen LogP contribution in [0.5, 0.6) is 0 Å². The van der Waals surface area contributed by atoms with Crippen molar-refractivity contribution in [2.24, 2.45) is 11.3 Å². The minimum Gasteiger partial charge on any atom is -0.481 e. The number of carbonyl (C=O) groups is 2. The van der Waals surface area contributed by atoms with Gasteiger partial charge in [-0.1, -0.05) is 12.2 Å². The number of rotatable bonds is 2. The lowest BCUT2D eigenvalue weighted by atomic mass is 9.90. The summed E-state index contributed by atoms with van der Waals surface area (Å²) in [6.45, 7) is 2.67. The Morgan fingerprint density at radius 2 is 2.18 bits per heavy atom. The van der Waals surface area contributed by atoms with Crippen molar-refractivity contribution in [1.29, 1.82) is 0 Å². The van der Waals surface area contributed by atoms with Gasteiger partial charge in [0.15, 0.2) is 0 Å². The molecule has 1 N–H and O–H groups in total. The fourth-order valence-electron chi connectivity index (χ4n) is 2.60. The normalized spacial score (nSPS) is 32.8. The van der Waals surface area contributed by atoms with Crippen LogP contribution in [0, 0.1) is 11.3 Å². The molecule has 4 nitrogen and oxygen atoms in total. The van der Waals surface area contributed by atoms with E-state index < -0.39 is 11.4 Å². The van der Waals surface area contributed by atoms with Crippen LogP contribution in [-0.4, -0.2) is 35.0 Å². The minimum atomic E-state index is -0.795. The molecule has 0 saturated carbocycles. The second kappa shape index (κ2) is 4.51. The number of amides is 1. The summed E-state index contributed by atoms with van der Waals surface area (Å²) in [5.74, 6) is -0.591. The molecular formula is C13H19NO3. The van der Waals surface area contributed by atoms with Crippen molar-refractivity contribution >= 4 is 11.9 Å². The molecular weight excluding hydrogens is 218 g/mol. The minimum absolute atomic E-state index is 0.0659. The van der Waals surface area contributed by atoms with Crippen molar-refractivity contribution in [3.05, 3.63) is 12.2 Å². The summed E-state index contributed by atoms with van der Waals surface area (Å²) in [4.78, 5) is 25.1. The smallest absolute Gasteiger partial charge is 0.311 e. The quantitative estimate of drug-likeness (QED) is 0.743. The van der Waals surface area contributed by atoms with E-state index in [4.69, 9.17) is 5.11 Å². The summed E-state index contributed by atoms with van der Waals surface area (Å²) in [7, 11) is 0. The van der Waals surface area contributed by atoms with Crippen LogP contribution >= 0.6 is 0 Å². The van der Waals surface area contributed by atoms with E-state index in [0.29, 0.717) is 19.5 Å². The maximum atomic E-state index is 12.2. The average Bonchev–Trinajstić information content (AvgIpc) is 2.74.